The summed E-state index contributed by atoms with van der Waals surface area (Å²) in [7, 11) is 0. The van der Waals surface area contributed by atoms with Gasteiger partial charge in [-0.3, -0.25) is 0 Å². The Labute approximate surface area is 160 Å². The molecule has 0 aliphatic heterocycles. The van der Waals surface area contributed by atoms with Crippen LogP contribution in [0.15, 0.2) is 42.5 Å². The van der Waals surface area contributed by atoms with Crippen LogP contribution in [0.1, 0.15) is 28.4 Å². The second kappa shape index (κ2) is 10.1. The Morgan fingerprint density at radius 2 is 1.61 bits per heavy atom. The first-order chi connectivity index (χ1) is 13.4. The lowest BCUT2D eigenvalue weighted by molar-refractivity contribution is -0.0514. The molecular formula is C19H20F2N2O5. The number of rotatable bonds is 9. The number of carbonyl (C=O) groups is 2. The smallest absolute Gasteiger partial charge is 0.387 e. The average Bonchev–Trinajstić information content (AvgIpc) is 2.66. The molecule has 2 aromatic carbocycles. The number of hydrogen-bond donors (Lipinski definition) is 3. The van der Waals surface area contributed by atoms with E-state index in [9.17, 15) is 18.4 Å². The minimum Gasteiger partial charge on any atom is -0.490 e. The number of halogens is 2. The number of benzene rings is 2. The summed E-state index contributed by atoms with van der Waals surface area (Å²) in [4.78, 5) is 22.7. The van der Waals surface area contributed by atoms with Crippen molar-refractivity contribution >= 4 is 12.0 Å². The van der Waals surface area contributed by atoms with E-state index in [0.29, 0.717) is 5.56 Å². The van der Waals surface area contributed by atoms with Gasteiger partial charge in [-0.05, 0) is 42.3 Å². The topological polar surface area (TPSA) is 96.9 Å². The van der Waals surface area contributed by atoms with Gasteiger partial charge in [-0.15, -0.1) is 0 Å². The van der Waals surface area contributed by atoms with Crippen LogP contribution in [0.25, 0.3) is 0 Å². The quantitative estimate of drug-likeness (QED) is 0.606. The maximum atomic E-state index is 12.4. The fourth-order valence-corrected chi connectivity index (χ4v) is 2.32. The zero-order valence-corrected chi connectivity index (χ0v) is 15.1. The van der Waals surface area contributed by atoms with Crippen LogP contribution in [-0.2, 0) is 13.1 Å². The van der Waals surface area contributed by atoms with E-state index >= 15 is 0 Å². The van der Waals surface area contributed by atoms with Gasteiger partial charge >= 0.3 is 18.6 Å². The molecule has 7 nitrogen and oxygen atoms in total. The SMILES string of the molecule is CCOc1cc(CNC(=O)NCc2ccc(C(=O)O)cc2)ccc1OC(F)F. The molecule has 0 aliphatic carbocycles. The highest BCUT2D eigenvalue weighted by Gasteiger charge is 2.12. The molecule has 0 bridgehead atoms. The first-order valence-corrected chi connectivity index (χ1v) is 8.43. The van der Waals surface area contributed by atoms with Crippen molar-refractivity contribution in [3.63, 3.8) is 0 Å². The Hall–Kier alpha value is -3.36. The summed E-state index contributed by atoms with van der Waals surface area (Å²) < 4.78 is 34.5. The second-order valence-corrected chi connectivity index (χ2v) is 5.63. The van der Waals surface area contributed by atoms with E-state index in [1.54, 1.807) is 25.1 Å². The van der Waals surface area contributed by atoms with Crippen LogP contribution >= 0.6 is 0 Å². The maximum absolute atomic E-state index is 12.4. The van der Waals surface area contributed by atoms with Crippen molar-refractivity contribution < 1.29 is 33.0 Å². The van der Waals surface area contributed by atoms with Gasteiger partial charge in [-0.25, -0.2) is 9.59 Å². The molecule has 0 spiro atoms. The highest BCUT2D eigenvalue weighted by Crippen LogP contribution is 2.29. The molecule has 2 amide bonds. The Kier molecular flexibility index (Phi) is 7.55. The van der Waals surface area contributed by atoms with Crippen LogP contribution in [0.2, 0.25) is 0 Å². The van der Waals surface area contributed by atoms with Gasteiger partial charge in [0.2, 0.25) is 0 Å². The summed E-state index contributed by atoms with van der Waals surface area (Å²) >= 11 is 0. The van der Waals surface area contributed by atoms with E-state index in [1.807, 2.05) is 0 Å². The second-order valence-electron chi connectivity index (χ2n) is 5.63. The largest absolute Gasteiger partial charge is 0.490 e. The van der Waals surface area contributed by atoms with E-state index in [4.69, 9.17) is 9.84 Å². The number of aromatic carboxylic acids is 1. The molecule has 0 unspecified atom stereocenters. The van der Waals surface area contributed by atoms with Gasteiger partial charge in [-0.1, -0.05) is 18.2 Å². The minimum atomic E-state index is -2.96. The van der Waals surface area contributed by atoms with E-state index in [1.165, 1.54) is 24.3 Å². The van der Waals surface area contributed by atoms with Crippen LogP contribution in [0.5, 0.6) is 11.5 Å². The molecule has 0 aromatic heterocycles. The summed E-state index contributed by atoms with van der Waals surface area (Å²) in [6.45, 7) is -0.598. The van der Waals surface area contributed by atoms with Gasteiger partial charge < -0.3 is 25.2 Å². The molecule has 2 rings (SSSR count). The first-order valence-electron chi connectivity index (χ1n) is 8.43. The molecule has 0 saturated carbocycles. The van der Waals surface area contributed by atoms with Crippen LogP contribution < -0.4 is 20.1 Å². The lowest BCUT2D eigenvalue weighted by atomic mass is 10.1. The van der Waals surface area contributed by atoms with Crippen molar-refractivity contribution in [2.24, 2.45) is 0 Å². The maximum Gasteiger partial charge on any atom is 0.387 e. The summed E-state index contributed by atoms with van der Waals surface area (Å²) in [5.41, 5.74) is 1.55. The fraction of sp³-hybridized carbons (Fsp3) is 0.263. The van der Waals surface area contributed by atoms with Crippen molar-refractivity contribution in [2.45, 2.75) is 26.6 Å². The molecule has 0 saturated heterocycles. The summed E-state index contributed by atoms with van der Waals surface area (Å²) in [5, 5.41) is 14.1. The number of nitrogens with one attached hydrogen (secondary N) is 2. The molecule has 0 aliphatic rings. The molecule has 9 heteroatoms. The number of alkyl halides is 2. The zero-order valence-electron chi connectivity index (χ0n) is 15.1. The van der Waals surface area contributed by atoms with Crippen LogP contribution in [0.4, 0.5) is 13.6 Å². The number of amides is 2. The Morgan fingerprint density at radius 1 is 1.00 bits per heavy atom. The first kappa shape index (κ1) is 20.9. The summed E-state index contributed by atoms with van der Waals surface area (Å²) in [5.74, 6) is -0.926. The van der Waals surface area contributed by atoms with Crippen molar-refractivity contribution in [2.75, 3.05) is 6.61 Å². The molecule has 0 fully saturated rings. The van der Waals surface area contributed by atoms with Gasteiger partial charge in [0.05, 0.1) is 12.2 Å². The third-order valence-corrected chi connectivity index (χ3v) is 3.63. The molecule has 28 heavy (non-hydrogen) atoms. The van der Waals surface area contributed by atoms with Gasteiger partial charge in [0, 0.05) is 13.1 Å². The standard InChI is InChI=1S/C19H20F2N2O5/c1-2-27-16-9-13(5-8-15(16)28-18(20)21)11-23-19(26)22-10-12-3-6-14(7-4-12)17(24)25/h3-9,18H,2,10-11H2,1H3,(H,24,25)(H2,22,23,26). The third-order valence-electron chi connectivity index (χ3n) is 3.63. The lowest BCUT2D eigenvalue weighted by Gasteiger charge is -2.13. The molecule has 0 atom stereocenters. The fourth-order valence-electron chi connectivity index (χ4n) is 2.32. The number of carboxylic acid groups (broad SMARTS) is 1. The summed E-state index contributed by atoms with van der Waals surface area (Å²) in [6, 6.07) is 10.1. The monoisotopic (exact) mass is 394 g/mol. The number of hydrogen-bond acceptors (Lipinski definition) is 4. The van der Waals surface area contributed by atoms with Crippen molar-refractivity contribution in [1.82, 2.24) is 10.6 Å². The summed E-state index contributed by atoms with van der Waals surface area (Å²) in [6.07, 6.45) is 0. The Bertz CT molecular complexity index is 812. The number of ether oxygens (including phenoxy) is 2. The lowest BCUT2D eigenvalue weighted by Crippen LogP contribution is -2.34. The highest BCUT2D eigenvalue weighted by atomic mass is 19.3. The normalized spacial score (nSPS) is 10.4. The van der Waals surface area contributed by atoms with E-state index in [2.05, 4.69) is 15.4 Å². The van der Waals surface area contributed by atoms with Crippen LogP contribution in [-0.4, -0.2) is 30.3 Å². The predicted octanol–water partition coefficient (Wildman–Crippen LogP) is 3.38. The van der Waals surface area contributed by atoms with Gasteiger partial charge in [0.15, 0.2) is 11.5 Å². The number of carboxylic acids is 1. The minimum absolute atomic E-state index is 0.0742. The van der Waals surface area contributed by atoms with Gasteiger partial charge in [-0.2, -0.15) is 8.78 Å². The van der Waals surface area contributed by atoms with Crippen LogP contribution in [0.3, 0.4) is 0 Å². The molecular weight excluding hydrogens is 374 g/mol. The van der Waals surface area contributed by atoms with E-state index in [-0.39, 0.29) is 36.8 Å². The molecule has 150 valence electrons. The molecule has 3 N–H and O–H groups in total. The van der Waals surface area contributed by atoms with Gasteiger partial charge in [0.25, 0.3) is 0 Å². The predicted molar refractivity (Wildman–Crippen MR) is 96.7 cm³/mol. The Morgan fingerprint density at radius 3 is 2.18 bits per heavy atom. The van der Waals surface area contributed by atoms with Crippen molar-refractivity contribution in [1.29, 1.82) is 0 Å². The highest BCUT2D eigenvalue weighted by molar-refractivity contribution is 5.87. The van der Waals surface area contributed by atoms with Gasteiger partial charge in [0.1, 0.15) is 0 Å². The Balaban J connectivity index is 1.87. The van der Waals surface area contributed by atoms with Crippen molar-refractivity contribution in [3.05, 3.63) is 59.2 Å². The van der Waals surface area contributed by atoms with Crippen LogP contribution in [0, 0.1) is 0 Å². The third kappa shape index (κ3) is 6.42. The van der Waals surface area contributed by atoms with E-state index < -0.39 is 18.6 Å². The van der Waals surface area contributed by atoms with E-state index in [0.717, 1.165) is 5.56 Å². The molecule has 0 heterocycles. The average molecular weight is 394 g/mol. The molecule has 0 radical (unpaired) electrons. The molecule has 2 aromatic rings. The number of carbonyl (C=O) groups excluding carboxylic acids is 1. The number of urea groups is 1. The zero-order chi connectivity index (χ0) is 20.5. The van der Waals surface area contributed by atoms with Crippen molar-refractivity contribution in [3.8, 4) is 11.5 Å².